The van der Waals surface area contributed by atoms with Gasteiger partial charge in [-0.1, -0.05) is 12.1 Å². The van der Waals surface area contributed by atoms with Gasteiger partial charge in [-0.3, -0.25) is 19.2 Å². The minimum Gasteiger partial charge on any atom is -0.507 e. The summed E-state index contributed by atoms with van der Waals surface area (Å²) in [5.41, 5.74) is 0.186. The van der Waals surface area contributed by atoms with Gasteiger partial charge in [0.1, 0.15) is 17.5 Å². The first-order chi connectivity index (χ1) is 15.8. The molecule has 0 amide bonds. The number of nitrogens with one attached hydrogen (secondary N) is 1. The number of hydrogen-bond donors (Lipinski definition) is 3. The van der Waals surface area contributed by atoms with E-state index in [1.807, 2.05) is 0 Å². The molecule has 9 nitrogen and oxygen atoms in total. The first-order valence-electron chi connectivity index (χ1n) is 10.6. The fourth-order valence-electron chi connectivity index (χ4n) is 3.73. The molecular weight excluding hydrogens is 430 g/mol. The summed E-state index contributed by atoms with van der Waals surface area (Å²) in [7, 11) is 0. The maximum atomic E-state index is 13.0. The van der Waals surface area contributed by atoms with E-state index in [1.165, 1.54) is 30.3 Å². The molecule has 2 aromatic carbocycles. The number of benzene rings is 2. The third-order valence-electron chi connectivity index (χ3n) is 5.23. The number of phenolic OH excluding ortho intramolecular Hbond substituents is 2. The highest BCUT2D eigenvalue weighted by molar-refractivity contribution is 6.30. The topological polar surface area (TPSA) is 139 Å². The van der Waals surface area contributed by atoms with E-state index in [-0.39, 0.29) is 60.6 Å². The van der Waals surface area contributed by atoms with E-state index in [1.54, 1.807) is 13.8 Å². The fraction of sp³-hybridized carbons (Fsp3) is 0.333. The van der Waals surface area contributed by atoms with Gasteiger partial charge in [0.05, 0.1) is 24.3 Å². The van der Waals surface area contributed by atoms with Crippen molar-refractivity contribution in [3.05, 3.63) is 58.1 Å². The number of aromatic hydroxyl groups is 2. The van der Waals surface area contributed by atoms with Gasteiger partial charge in [-0.2, -0.15) is 0 Å². The number of ether oxygens (including phenoxy) is 2. The van der Waals surface area contributed by atoms with Crippen LogP contribution in [0.3, 0.4) is 0 Å². The summed E-state index contributed by atoms with van der Waals surface area (Å²) < 4.78 is 9.95. The lowest BCUT2D eigenvalue weighted by Crippen LogP contribution is -2.38. The predicted octanol–water partition coefficient (Wildman–Crippen LogP) is 2.24. The molecule has 0 saturated carbocycles. The van der Waals surface area contributed by atoms with Crippen LogP contribution in [0.2, 0.25) is 0 Å². The lowest BCUT2D eigenvalue weighted by molar-refractivity contribution is -0.147. The second-order valence-electron chi connectivity index (χ2n) is 7.42. The molecule has 3 rings (SSSR count). The van der Waals surface area contributed by atoms with Crippen molar-refractivity contribution in [1.29, 1.82) is 0 Å². The smallest absolute Gasteiger partial charge is 0.323 e. The summed E-state index contributed by atoms with van der Waals surface area (Å²) in [6.45, 7) is 3.81. The van der Waals surface area contributed by atoms with Crippen molar-refractivity contribution < 1.29 is 38.9 Å². The van der Waals surface area contributed by atoms with Gasteiger partial charge < -0.3 is 25.0 Å². The molecular formula is C24H25NO8. The van der Waals surface area contributed by atoms with Crippen LogP contribution >= 0.6 is 0 Å². The van der Waals surface area contributed by atoms with E-state index in [0.717, 1.165) is 0 Å². The van der Waals surface area contributed by atoms with Gasteiger partial charge in [-0.25, -0.2) is 0 Å². The normalized spacial score (nSPS) is 13.2. The molecule has 2 aromatic rings. The van der Waals surface area contributed by atoms with Crippen molar-refractivity contribution >= 4 is 23.5 Å². The van der Waals surface area contributed by atoms with E-state index in [9.17, 15) is 29.4 Å². The molecule has 0 fully saturated rings. The average Bonchev–Trinajstić information content (AvgIpc) is 2.77. The number of hydrogen-bond acceptors (Lipinski definition) is 9. The van der Waals surface area contributed by atoms with Gasteiger partial charge in [-0.05, 0) is 44.0 Å². The predicted molar refractivity (Wildman–Crippen MR) is 116 cm³/mol. The lowest BCUT2D eigenvalue weighted by atomic mass is 9.82. The molecule has 0 aliphatic heterocycles. The number of phenols is 2. The standard InChI is InChI=1S/C24H25NO8/c1-3-32-19(28)9-8-16(24(31)33-4-2)25-12-13-10-15-21(18(27)11-13)23(30)20-14(22(15)29)6-5-7-17(20)26/h5-7,10-11,16,25-27H,3-4,8-9,12H2,1-2H3/t16-/m0/s1. The molecule has 0 heterocycles. The van der Waals surface area contributed by atoms with E-state index in [2.05, 4.69) is 5.32 Å². The first-order valence-corrected chi connectivity index (χ1v) is 10.6. The van der Waals surface area contributed by atoms with Gasteiger partial charge in [-0.15, -0.1) is 0 Å². The molecule has 3 N–H and O–H groups in total. The van der Waals surface area contributed by atoms with Crippen molar-refractivity contribution in [2.24, 2.45) is 0 Å². The Morgan fingerprint density at radius 1 is 0.939 bits per heavy atom. The van der Waals surface area contributed by atoms with E-state index >= 15 is 0 Å². The summed E-state index contributed by atoms with van der Waals surface area (Å²) in [5, 5.41) is 23.5. The third kappa shape index (κ3) is 5.04. The van der Waals surface area contributed by atoms with Crippen molar-refractivity contribution in [2.75, 3.05) is 13.2 Å². The molecule has 0 radical (unpaired) electrons. The molecule has 9 heteroatoms. The minimum absolute atomic E-state index is 0.00697. The Balaban J connectivity index is 1.83. The van der Waals surface area contributed by atoms with Crippen molar-refractivity contribution in [3.63, 3.8) is 0 Å². The summed E-state index contributed by atoms with van der Waals surface area (Å²) in [4.78, 5) is 49.8. The monoisotopic (exact) mass is 455 g/mol. The Bertz CT molecular complexity index is 1110. The number of esters is 2. The van der Waals surface area contributed by atoms with Crippen LogP contribution < -0.4 is 5.32 Å². The summed E-state index contributed by atoms with van der Waals surface area (Å²) in [6.07, 6.45) is 0.145. The SMILES string of the molecule is CCOC(=O)CC[C@H](NCc1cc(O)c2c(c1)C(=O)c1cccc(O)c1C2=O)C(=O)OCC. The van der Waals surface area contributed by atoms with E-state index in [0.29, 0.717) is 5.56 Å². The third-order valence-corrected chi connectivity index (χ3v) is 5.23. The van der Waals surface area contributed by atoms with Gasteiger partial charge in [0.2, 0.25) is 5.78 Å². The molecule has 0 unspecified atom stereocenters. The van der Waals surface area contributed by atoms with E-state index in [4.69, 9.17) is 9.47 Å². The van der Waals surface area contributed by atoms with Gasteiger partial charge in [0.15, 0.2) is 5.78 Å². The summed E-state index contributed by atoms with van der Waals surface area (Å²) in [6, 6.07) is 6.16. The fourth-order valence-corrected chi connectivity index (χ4v) is 3.73. The Labute approximate surface area is 190 Å². The number of rotatable bonds is 9. The zero-order valence-corrected chi connectivity index (χ0v) is 18.3. The van der Waals surface area contributed by atoms with Crippen LogP contribution in [0.5, 0.6) is 11.5 Å². The number of carbonyl (C=O) groups is 4. The highest BCUT2D eigenvalue weighted by atomic mass is 16.5. The van der Waals surface area contributed by atoms with Crippen LogP contribution in [0.15, 0.2) is 30.3 Å². The number of ketones is 2. The molecule has 1 aliphatic carbocycles. The molecule has 0 aromatic heterocycles. The number of carbonyl (C=O) groups excluding carboxylic acids is 4. The second-order valence-corrected chi connectivity index (χ2v) is 7.42. The zero-order chi connectivity index (χ0) is 24.1. The molecule has 0 bridgehead atoms. The molecule has 1 atom stereocenters. The van der Waals surface area contributed by atoms with Crippen molar-refractivity contribution in [2.45, 2.75) is 39.3 Å². The first kappa shape index (κ1) is 23.9. The molecule has 174 valence electrons. The summed E-state index contributed by atoms with van der Waals surface area (Å²) in [5.74, 6) is -2.87. The Morgan fingerprint density at radius 3 is 2.33 bits per heavy atom. The van der Waals surface area contributed by atoms with E-state index < -0.39 is 35.3 Å². The molecule has 33 heavy (non-hydrogen) atoms. The quantitative estimate of drug-likeness (QED) is 0.414. The van der Waals surface area contributed by atoms with Crippen molar-refractivity contribution in [1.82, 2.24) is 5.32 Å². The molecule has 0 spiro atoms. The van der Waals surface area contributed by atoms with Crippen LogP contribution in [0.1, 0.15) is 64.1 Å². The maximum Gasteiger partial charge on any atom is 0.323 e. The lowest BCUT2D eigenvalue weighted by Gasteiger charge is -2.21. The van der Waals surface area contributed by atoms with Crippen LogP contribution in [-0.4, -0.2) is 53.0 Å². The van der Waals surface area contributed by atoms with Crippen LogP contribution in [0, 0.1) is 0 Å². The summed E-state index contributed by atoms with van der Waals surface area (Å²) >= 11 is 0. The average molecular weight is 455 g/mol. The van der Waals surface area contributed by atoms with Crippen LogP contribution in [0.4, 0.5) is 0 Å². The minimum atomic E-state index is -0.817. The Hall–Kier alpha value is -3.72. The van der Waals surface area contributed by atoms with Gasteiger partial charge in [0, 0.05) is 24.1 Å². The largest absolute Gasteiger partial charge is 0.507 e. The van der Waals surface area contributed by atoms with Gasteiger partial charge in [0.25, 0.3) is 0 Å². The van der Waals surface area contributed by atoms with Crippen LogP contribution in [-0.2, 0) is 25.6 Å². The van der Waals surface area contributed by atoms with Gasteiger partial charge >= 0.3 is 11.9 Å². The molecule has 1 aliphatic rings. The highest BCUT2D eigenvalue weighted by Crippen LogP contribution is 2.37. The van der Waals surface area contributed by atoms with Crippen molar-refractivity contribution in [3.8, 4) is 11.5 Å². The van der Waals surface area contributed by atoms with Crippen LogP contribution in [0.25, 0.3) is 0 Å². The second kappa shape index (κ2) is 10.3. The highest BCUT2D eigenvalue weighted by Gasteiger charge is 2.34. The zero-order valence-electron chi connectivity index (χ0n) is 18.3. The maximum absolute atomic E-state index is 13.0. The Morgan fingerprint density at radius 2 is 1.64 bits per heavy atom. The number of fused-ring (bicyclic) bond motifs is 2. The Kier molecular flexibility index (Phi) is 7.44. The molecule has 0 saturated heterocycles.